The van der Waals surface area contributed by atoms with Crippen molar-refractivity contribution in [2.45, 2.75) is 77.6 Å². The van der Waals surface area contributed by atoms with Gasteiger partial charge in [0.1, 0.15) is 6.54 Å². The van der Waals surface area contributed by atoms with Crippen LogP contribution in [0.3, 0.4) is 0 Å². The minimum Gasteiger partial charge on any atom is -0.354 e. The average molecular weight is 481 g/mol. The fraction of sp³-hybridized carbons (Fsp3) is 0.519. The van der Waals surface area contributed by atoms with E-state index in [9.17, 15) is 9.59 Å². The lowest BCUT2D eigenvalue weighted by Crippen LogP contribution is -2.34. The van der Waals surface area contributed by atoms with Gasteiger partial charge in [0.2, 0.25) is 5.91 Å². The second-order valence-electron chi connectivity index (χ2n) is 9.47. The molecule has 0 unspecified atom stereocenters. The number of hydrogen-bond donors (Lipinski definition) is 1. The van der Waals surface area contributed by atoms with Gasteiger partial charge in [-0.3, -0.25) is 9.59 Å². The van der Waals surface area contributed by atoms with E-state index in [1.165, 1.54) is 47.9 Å². The molecule has 1 aromatic carbocycles. The number of carbonyl (C=O) groups is 1. The lowest BCUT2D eigenvalue weighted by atomic mass is 10.0. The van der Waals surface area contributed by atoms with Crippen molar-refractivity contribution in [2.24, 2.45) is 0 Å². The molecule has 182 valence electrons. The van der Waals surface area contributed by atoms with Gasteiger partial charge in [0.15, 0.2) is 0 Å². The van der Waals surface area contributed by atoms with E-state index in [0.717, 1.165) is 34.2 Å². The Morgan fingerprint density at radius 2 is 1.82 bits per heavy atom. The largest absolute Gasteiger partial charge is 0.354 e. The van der Waals surface area contributed by atoms with Crippen molar-refractivity contribution in [1.29, 1.82) is 0 Å². The van der Waals surface area contributed by atoms with E-state index < -0.39 is 0 Å². The molecule has 1 amide bonds. The van der Waals surface area contributed by atoms with Crippen LogP contribution in [0.25, 0.3) is 10.8 Å². The molecule has 3 aromatic rings. The number of benzene rings is 1. The van der Waals surface area contributed by atoms with Crippen LogP contribution in [0.4, 0.5) is 0 Å². The maximum absolute atomic E-state index is 13.2. The number of fused-ring (bicyclic) bond motifs is 1. The topological polar surface area (TPSA) is 68.9 Å². The smallest absolute Gasteiger partial charge is 0.276 e. The van der Waals surface area contributed by atoms with Crippen LogP contribution in [-0.2, 0) is 17.9 Å². The van der Waals surface area contributed by atoms with Gasteiger partial charge in [-0.1, -0.05) is 49.1 Å². The normalized spacial score (nSPS) is 14.6. The Kier molecular flexibility index (Phi) is 8.14. The van der Waals surface area contributed by atoms with Crippen LogP contribution < -0.4 is 10.9 Å². The third-order valence-corrected chi connectivity index (χ3v) is 8.38. The zero-order chi connectivity index (χ0) is 24.1. The highest BCUT2D eigenvalue weighted by Crippen LogP contribution is 2.28. The number of amides is 1. The molecular weight excluding hydrogens is 444 g/mol. The number of hydrogen-bond acceptors (Lipinski definition) is 4. The molecule has 6 nitrogen and oxygen atoms in total. The molecule has 2 aromatic heterocycles. The average Bonchev–Trinajstić information content (AvgIpc) is 3.07. The summed E-state index contributed by atoms with van der Waals surface area (Å²) in [4.78, 5) is 25.7. The lowest BCUT2D eigenvalue weighted by Gasteiger charge is -2.20. The van der Waals surface area contributed by atoms with Gasteiger partial charge < -0.3 is 9.88 Å². The van der Waals surface area contributed by atoms with Gasteiger partial charge in [0, 0.05) is 35.1 Å². The van der Waals surface area contributed by atoms with Crippen molar-refractivity contribution < 1.29 is 4.79 Å². The monoisotopic (exact) mass is 480 g/mol. The maximum Gasteiger partial charge on any atom is 0.276 e. The van der Waals surface area contributed by atoms with Gasteiger partial charge in [-0.2, -0.15) is 16.9 Å². The van der Waals surface area contributed by atoms with Crippen LogP contribution in [0.5, 0.6) is 0 Å². The van der Waals surface area contributed by atoms with Crippen LogP contribution in [0.1, 0.15) is 61.0 Å². The number of rotatable bonds is 9. The Labute approximate surface area is 206 Å². The number of nitrogens with zero attached hydrogens (tertiary/aromatic N) is 3. The van der Waals surface area contributed by atoms with E-state index in [-0.39, 0.29) is 18.0 Å². The first-order chi connectivity index (χ1) is 16.4. The summed E-state index contributed by atoms with van der Waals surface area (Å²) in [6.07, 6.45) is 9.43. The Balaban J connectivity index is 1.37. The zero-order valence-electron chi connectivity index (χ0n) is 20.6. The van der Waals surface area contributed by atoms with Gasteiger partial charge >= 0.3 is 0 Å². The molecule has 1 saturated carbocycles. The molecule has 2 heterocycles. The Bertz CT molecular complexity index is 1190. The van der Waals surface area contributed by atoms with Crippen LogP contribution >= 0.6 is 11.8 Å². The van der Waals surface area contributed by atoms with Crippen LogP contribution in [0, 0.1) is 20.8 Å². The maximum atomic E-state index is 13.2. The molecule has 0 radical (unpaired) electrons. The Morgan fingerprint density at radius 1 is 1.09 bits per heavy atom. The summed E-state index contributed by atoms with van der Waals surface area (Å²) in [6, 6.07) is 8.44. The molecular formula is C27H36N4O2S. The van der Waals surface area contributed by atoms with E-state index in [1.807, 2.05) is 25.6 Å². The number of aryl methyl sites for hydroxylation is 3. The third kappa shape index (κ3) is 5.74. The first-order valence-electron chi connectivity index (χ1n) is 12.4. The summed E-state index contributed by atoms with van der Waals surface area (Å²) in [5, 5.41) is 9.56. The molecule has 1 N–H and O–H groups in total. The second-order valence-corrected chi connectivity index (χ2v) is 10.9. The van der Waals surface area contributed by atoms with Gasteiger partial charge in [-0.15, -0.1) is 0 Å². The van der Waals surface area contributed by atoms with E-state index in [4.69, 9.17) is 0 Å². The number of carbonyl (C=O) groups excluding carboxylic acids is 1. The van der Waals surface area contributed by atoms with E-state index in [0.29, 0.717) is 18.5 Å². The molecule has 0 bridgehead atoms. The molecule has 0 spiro atoms. The van der Waals surface area contributed by atoms with Gasteiger partial charge in [0.05, 0.1) is 11.6 Å². The van der Waals surface area contributed by atoms with Crippen molar-refractivity contribution in [3.8, 4) is 0 Å². The summed E-state index contributed by atoms with van der Waals surface area (Å²) in [5.74, 6) is 0.910. The van der Waals surface area contributed by atoms with Crippen molar-refractivity contribution in [1.82, 2.24) is 19.7 Å². The minimum absolute atomic E-state index is 0.0494. The standard InChI is InChI=1S/C27H36N4O2S/c1-19-10-12-22(13-11-19)17-30-20(2)24-16-29-31(27(33)26(24)21(30)3)18-25(32)28-14-7-15-34-23-8-5-4-6-9-23/h10-13,16,23H,4-9,14-15,17-18H2,1-3H3,(H,28,32). The van der Waals surface area contributed by atoms with Gasteiger partial charge in [-0.25, -0.2) is 4.68 Å². The Morgan fingerprint density at radius 3 is 2.56 bits per heavy atom. The predicted octanol–water partition coefficient (Wildman–Crippen LogP) is 4.74. The number of aromatic nitrogens is 3. The number of nitrogens with one attached hydrogen (secondary N) is 1. The zero-order valence-corrected chi connectivity index (χ0v) is 21.4. The van der Waals surface area contributed by atoms with Crippen molar-refractivity contribution in [2.75, 3.05) is 12.3 Å². The lowest BCUT2D eigenvalue weighted by molar-refractivity contribution is -0.121. The van der Waals surface area contributed by atoms with Crippen molar-refractivity contribution >= 4 is 28.4 Å². The molecule has 1 fully saturated rings. The number of thioether (sulfide) groups is 1. The van der Waals surface area contributed by atoms with Crippen LogP contribution in [-0.4, -0.2) is 37.8 Å². The first kappa shape index (κ1) is 24.6. The quantitative estimate of drug-likeness (QED) is 0.449. The summed E-state index contributed by atoms with van der Waals surface area (Å²) in [6.45, 7) is 7.36. The third-order valence-electron chi connectivity index (χ3n) is 6.91. The van der Waals surface area contributed by atoms with Gasteiger partial charge in [-0.05, 0) is 51.3 Å². The van der Waals surface area contributed by atoms with Crippen LogP contribution in [0.15, 0.2) is 35.3 Å². The fourth-order valence-corrected chi connectivity index (χ4v) is 6.16. The molecule has 0 saturated heterocycles. The van der Waals surface area contributed by atoms with Gasteiger partial charge in [0.25, 0.3) is 5.56 Å². The van der Waals surface area contributed by atoms with Crippen LogP contribution in [0.2, 0.25) is 0 Å². The summed E-state index contributed by atoms with van der Waals surface area (Å²) < 4.78 is 3.45. The second kappa shape index (κ2) is 11.3. The highest BCUT2D eigenvalue weighted by molar-refractivity contribution is 7.99. The highest BCUT2D eigenvalue weighted by atomic mass is 32.2. The van der Waals surface area contributed by atoms with Crippen molar-refractivity contribution in [3.63, 3.8) is 0 Å². The molecule has 4 rings (SSSR count). The van der Waals surface area contributed by atoms with E-state index in [1.54, 1.807) is 6.20 Å². The minimum atomic E-state index is -0.205. The highest BCUT2D eigenvalue weighted by Gasteiger charge is 2.18. The van der Waals surface area contributed by atoms with E-state index in [2.05, 4.69) is 46.2 Å². The first-order valence-corrected chi connectivity index (χ1v) is 13.5. The SMILES string of the molecule is Cc1ccc(Cn2c(C)c3cnn(CC(=O)NCCCSC4CCCCC4)c(=O)c3c2C)cc1. The molecule has 0 atom stereocenters. The molecule has 0 aliphatic heterocycles. The summed E-state index contributed by atoms with van der Waals surface area (Å²) >= 11 is 2.04. The van der Waals surface area contributed by atoms with Crippen molar-refractivity contribution in [3.05, 3.63) is 63.3 Å². The Hall–Kier alpha value is -2.54. The molecule has 1 aliphatic carbocycles. The van der Waals surface area contributed by atoms with E-state index >= 15 is 0 Å². The summed E-state index contributed by atoms with van der Waals surface area (Å²) in [5.41, 5.74) is 4.14. The molecule has 7 heteroatoms. The fourth-order valence-electron chi connectivity index (χ4n) is 4.84. The summed E-state index contributed by atoms with van der Waals surface area (Å²) in [7, 11) is 0. The molecule has 34 heavy (non-hydrogen) atoms. The molecule has 1 aliphatic rings. The predicted molar refractivity (Wildman–Crippen MR) is 141 cm³/mol.